The van der Waals surface area contributed by atoms with E-state index in [2.05, 4.69) is 11.0 Å². The van der Waals surface area contributed by atoms with E-state index in [1.54, 1.807) is 10.6 Å². The summed E-state index contributed by atoms with van der Waals surface area (Å²) >= 11 is 0. The number of rotatable bonds is 4. The highest BCUT2D eigenvalue weighted by atomic mass is 16.2. The molecule has 1 aliphatic carbocycles. The summed E-state index contributed by atoms with van der Waals surface area (Å²) in [4.78, 5) is 27.4. The fourth-order valence-electron chi connectivity index (χ4n) is 4.24. The van der Waals surface area contributed by atoms with Gasteiger partial charge in [0.2, 0.25) is 0 Å². The lowest BCUT2D eigenvalue weighted by Crippen LogP contribution is -2.44. The van der Waals surface area contributed by atoms with Crippen LogP contribution in [0.5, 0.6) is 0 Å². The number of nitrogens with zero attached hydrogens (tertiary/aromatic N) is 4. The molecule has 27 heavy (non-hydrogen) atoms. The number of anilines is 1. The van der Waals surface area contributed by atoms with Gasteiger partial charge < -0.3 is 16.5 Å². The largest absolute Gasteiger partial charge is 0.371 e. The number of hydrogen-bond acceptors (Lipinski definition) is 6. The van der Waals surface area contributed by atoms with E-state index in [4.69, 9.17) is 16.8 Å². The van der Waals surface area contributed by atoms with Gasteiger partial charge in [0.25, 0.3) is 5.56 Å². The van der Waals surface area contributed by atoms with Gasteiger partial charge in [-0.15, -0.1) is 0 Å². The van der Waals surface area contributed by atoms with Gasteiger partial charge in [-0.2, -0.15) is 9.94 Å². The highest BCUT2D eigenvalue weighted by Crippen LogP contribution is 2.38. The van der Waals surface area contributed by atoms with Gasteiger partial charge in [0.1, 0.15) is 0 Å². The molecule has 142 valence electrons. The third-order valence-corrected chi connectivity index (χ3v) is 5.91. The normalized spacial score (nSPS) is 20.8. The Morgan fingerprint density at radius 1 is 1.30 bits per heavy atom. The van der Waals surface area contributed by atoms with Crippen LogP contribution in [0.2, 0.25) is 0 Å². The van der Waals surface area contributed by atoms with Crippen LogP contribution in [0.25, 0.3) is 10.9 Å². The van der Waals surface area contributed by atoms with Gasteiger partial charge in [0.15, 0.2) is 0 Å². The maximum atomic E-state index is 12.6. The summed E-state index contributed by atoms with van der Waals surface area (Å²) in [6, 6.07) is 5.83. The molecule has 1 aromatic carbocycles. The molecule has 0 amide bonds. The van der Waals surface area contributed by atoms with Crippen molar-refractivity contribution in [2.24, 2.45) is 11.7 Å². The minimum absolute atomic E-state index is 0.111. The SMILES string of the molecule is Cc1c(N2CCC(C(N)CC#N)C2)ccc2c(=O)n(N)c(=O)n(C3CC3)c12. The fraction of sp³-hybridized carbons (Fsp3) is 0.526. The van der Waals surface area contributed by atoms with Crippen molar-refractivity contribution < 1.29 is 0 Å². The lowest BCUT2D eigenvalue weighted by Gasteiger charge is -2.24. The summed E-state index contributed by atoms with van der Waals surface area (Å²) in [5.74, 6) is 5.99. The highest BCUT2D eigenvalue weighted by molar-refractivity contribution is 5.87. The zero-order valence-electron chi connectivity index (χ0n) is 15.4. The first-order chi connectivity index (χ1) is 12.9. The van der Waals surface area contributed by atoms with Crippen molar-refractivity contribution in [3.63, 3.8) is 0 Å². The van der Waals surface area contributed by atoms with E-state index in [1.807, 2.05) is 13.0 Å². The highest BCUT2D eigenvalue weighted by Gasteiger charge is 2.31. The quantitative estimate of drug-likeness (QED) is 0.761. The van der Waals surface area contributed by atoms with E-state index < -0.39 is 11.2 Å². The van der Waals surface area contributed by atoms with Crippen molar-refractivity contribution in [3.05, 3.63) is 38.5 Å². The Morgan fingerprint density at radius 2 is 2.04 bits per heavy atom. The van der Waals surface area contributed by atoms with Crippen molar-refractivity contribution >= 4 is 16.6 Å². The molecule has 4 N–H and O–H groups in total. The zero-order valence-corrected chi connectivity index (χ0v) is 15.4. The van der Waals surface area contributed by atoms with Crippen LogP contribution in [0, 0.1) is 24.2 Å². The molecule has 0 spiro atoms. The number of nitrogens with two attached hydrogens (primary N) is 2. The molecule has 2 aliphatic rings. The Balaban J connectivity index is 1.81. The Bertz CT molecular complexity index is 1060. The molecule has 2 unspecified atom stereocenters. The van der Waals surface area contributed by atoms with Gasteiger partial charge in [-0.05, 0) is 49.8 Å². The van der Waals surface area contributed by atoms with Gasteiger partial charge in [-0.1, -0.05) is 0 Å². The van der Waals surface area contributed by atoms with Crippen LogP contribution in [0.3, 0.4) is 0 Å². The maximum Gasteiger partial charge on any atom is 0.350 e. The third-order valence-electron chi connectivity index (χ3n) is 5.91. The lowest BCUT2D eigenvalue weighted by molar-refractivity contribution is 0.464. The van der Waals surface area contributed by atoms with E-state index in [-0.39, 0.29) is 18.0 Å². The summed E-state index contributed by atoms with van der Waals surface area (Å²) in [6.45, 7) is 3.58. The molecule has 2 fully saturated rings. The molecule has 8 heteroatoms. The zero-order chi connectivity index (χ0) is 19.3. The number of benzene rings is 1. The van der Waals surface area contributed by atoms with Crippen molar-refractivity contribution in [2.45, 2.75) is 44.7 Å². The van der Waals surface area contributed by atoms with Crippen LogP contribution in [0.1, 0.15) is 37.3 Å². The van der Waals surface area contributed by atoms with Gasteiger partial charge >= 0.3 is 5.69 Å². The van der Waals surface area contributed by atoms with Gasteiger partial charge in [0, 0.05) is 30.9 Å². The average molecular weight is 368 g/mol. The summed E-state index contributed by atoms with van der Waals surface area (Å²) in [6.07, 6.45) is 3.13. The monoisotopic (exact) mass is 368 g/mol. The minimum atomic E-state index is -0.461. The van der Waals surface area contributed by atoms with E-state index in [1.165, 1.54) is 0 Å². The maximum absolute atomic E-state index is 12.6. The molecular formula is C19H24N6O2. The standard InChI is InChI=1S/C19H24N6O2/c1-11-16(23-9-7-12(10-23)15(21)6-8-20)5-4-14-17(11)24(13-2-3-13)19(27)25(22)18(14)26/h4-5,12-13,15H,2-3,6-7,9-10,21-22H2,1H3. The first-order valence-electron chi connectivity index (χ1n) is 9.37. The third kappa shape index (κ3) is 2.79. The number of aromatic nitrogens is 2. The first kappa shape index (κ1) is 17.6. The summed E-state index contributed by atoms with van der Waals surface area (Å²) < 4.78 is 2.40. The van der Waals surface area contributed by atoms with Crippen molar-refractivity contribution in [1.82, 2.24) is 9.24 Å². The summed E-state index contributed by atoms with van der Waals surface area (Å²) in [7, 11) is 0. The molecule has 1 saturated heterocycles. The van der Waals surface area contributed by atoms with Crippen molar-refractivity contribution in [1.29, 1.82) is 5.26 Å². The number of hydrogen-bond donors (Lipinski definition) is 2. The summed E-state index contributed by atoms with van der Waals surface area (Å²) in [5.41, 5.74) is 7.84. The molecule has 2 heterocycles. The molecule has 1 saturated carbocycles. The fourth-order valence-corrected chi connectivity index (χ4v) is 4.24. The Kier molecular flexibility index (Phi) is 4.19. The number of nitrogen functional groups attached to an aromatic ring is 1. The number of aryl methyl sites for hydroxylation is 1. The van der Waals surface area contributed by atoms with Crippen LogP contribution < -0.4 is 27.7 Å². The van der Waals surface area contributed by atoms with Crippen molar-refractivity contribution in [3.8, 4) is 6.07 Å². The Hall–Kier alpha value is -2.79. The molecular weight excluding hydrogens is 344 g/mol. The van der Waals surface area contributed by atoms with Crippen LogP contribution in [-0.2, 0) is 0 Å². The molecule has 1 aromatic heterocycles. The van der Waals surface area contributed by atoms with Crippen molar-refractivity contribution in [2.75, 3.05) is 23.8 Å². The molecule has 2 aromatic rings. The molecule has 4 rings (SSSR count). The van der Waals surface area contributed by atoms with Crippen LogP contribution >= 0.6 is 0 Å². The van der Waals surface area contributed by atoms with Crippen LogP contribution in [0.15, 0.2) is 21.7 Å². The first-order valence-corrected chi connectivity index (χ1v) is 9.37. The second kappa shape index (κ2) is 6.43. The summed E-state index contributed by atoms with van der Waals surface area (Å²) in [5, 5.41) is 9.36. The van der Waals surface area contributed by atoms with E-state index in [9.17, 15) is 9.59 Å². The second-order valence-corrected chi connectivity index (χ2v) is 7.69. The molecule has 8 nitrogen and oxygen atoms in total. The lowest BCUT2D eigenvalue weighted by atomic mass is 9.97. The molecule has 0 bridgehead atoms. The van der Waals surface area contributed by atoms with E-state index in [0.29, 0.717) is 22.0 Å². The van der Waals surface area contributed by atoms with Crippen LogP contribution in [0.4, 0.5) is 5.69 Å². The Labute approximate surface area is 156 Å². The topological polar surface area (TPSA) is 123 Å². The molecule has 1 aliphatic heterocycles. The van der Waals surface area contributed by atoms with Crippen LogP contribution in [-0.4, -0.2) is 28.4 Å². The van der Waals surface area contributed by atoms with Gasteiger partial charge in [-0.3, -0.25) is 9.36 Å². The molecule has 2 atom stereocenters. The van der Waals surface area contributed by atoms with E-state index >= 15 is 0 Å². The van der Waals surface area contributed by atoms with Gasteiger partial charge in [-0.25, -0.2) is 4.79 Å². The average Bonchev–Trinajstić information content (AvgIpc) is 3.36. The Morgan fingerprint density at radius 3 is 2.70 bits per heavy atom. The number of nitriles is 1. The predicted molar refractivity (Wildman–Crippen MR) is 104 cm³/mol. The smallest absolute Gasteiger partial charge is 0.350 e. The predicted octanol–water partition coefficient (Wildman–Crippen LogP) is 0.588. The van der Waals surface area contributed by atoms with Gasteiger partial charge in [0.05, 0.1) is 23.4 Å². The van der Waals surface area contributed by atoms with E-state index in [0.717, 1.165) is 43.6 Å². The second-order valence-electron chi connectivity index (χ2n) is 7.69. The molecule has 0 radical (unpaired) electrons. The number of fused-ring (bicyclic) bond motifs is 1. The minimum Gasteiger partial charge on any atom is -0.371 e.